The van der Waals surface area contributed by atoms with E-state index >= 15 is 0 Å². The molecule has 0 aromatic carbocycles. The molecule has 0 aliphatic heterocycles. The van der Waals surface area contributed by atoms with Gasteiger partial charge in [-0.15, -0.1) is 0 Å². The normalized spacial score (nSPS) is 17.1. The highest BCUT2D eigenvalue weighted by Crippen LogP contribution is 2.46. The molecule has 1 nitrogen and oxygen atoms in total. The minimum Gasteiger partial charge on any atom is -0.369 e. The molecule has 0 fully saturated rings. The van der Waals surface area contributed by atoms with Crippen molar-refractivity contribution in [2.24, 2.45) is 5.41 Å². The molecule has 0 radical (unpaired) electrons. The highest BCUT2D eigenvalue weighted by molar-refractivity contribution is 4.95. The van der Waals surface area contributed by atoms with Crippen LogP contribution in [-0.2, 0) is 4.74 Å². The van der Waals surface area contributed by atoms with Crippen LogP contribution in [-0.4, -0.2) is 24.3 Å². The van der Waals surface area contributed by atoms with E-state index in [4.69, 9.17) is 4.74 Å². The van der Waals surface area contributed by atoms with Crippen molar-refractivity contribution in [3.8, 4) is 0 Å². The summed E-state index contributed by atoms with van der Waals surface area (Å²) >= 11 is 0. The number of hydrogen-bond acceptors (Lipinski definition) is 1. The highest BCUT2D eigenvalue weighted by Gasteiger charge is 2.68. The molecule has 0 aliphatic rings. The van der Waals surface area contributed by atoms with E-state index in [1.807, 2.05) is 20.8 Å². The zero-order valence-electron chi connectivity index (χ0n) is 12.8. The smallest absolute Gasteiger partial charge is 0.369 e. The first kappa shape index (κ1) is 19.6. The Labute approximate surface area is 117 Å². The zero-order valence-corrected chi connectivity index (χ0v) is 12.8. The van der Waals surface area contributed by atoms with E-state index in [1.165, 1.54) is 6.92 Å². The van der Waals surface area contributed by atoms with E-state index in [1.54, 1.807) is 0 Å². The van der Waals surface area contributed by atoms with Gasteiger partial charge < -0.3 is 4.74 Å². The quantitative estimate of drug-likeness (QED) is 0.420. The Morgan fingerprint density at radius 3 is 1.70 bits per heavy atom. The number of halogens is 5. The summed E-state index contributed by atoms with van der Waals surface area (Å²) in [5.41, 5.74) is -2.47. The van der Waals surface area contributed by atoms with Crippen LogP contribution in [0.25, 0.3) is 0 Å². The molecule has 122 valence electrons. The molecule has 0 spiro atoms. The van der Waals surface area contributed by atoms with Gasteiger partial charge in [-0.05, 0) is 31.6 Å². The molecule has 0 amide bonds. The van der Waals surface area contributed by atoms with Crippen LogP contribution in [0.1, 0.15) is 60.3 Å². The highest BCUT2D eigenvalue weighted by atomic mass is 19.4. The van der Waals surface area contributed by atoms with E-state index in [2.05, 4.69) is 0 Å². The summed E-state index contributed by atoms with van der Waals surface area (Å²) in [6.07, 6.45) is -3.90. The van der Waals surface area contributed by atoms with Crippen molar-refractivity contribution in [2.45, 2.75) is 78.0 Å². The van der Waals surface area contributed by atoms with Crippen molar-refractivity contribution >= 4 is 0 Å². The van der Waals surface area contributed by atoms with Gasteiger partial charge in [-0.3, -0.25) is 0 Å². The van der Waals surface area contributed by atoms with Crippen LogP contribution in [0.4, 0.5) is 22.0 Å². The average molecular weight is 304 g/mol. The lowest BCUT2D eigenvalue weighted by atomic mass is 9.85. The summed E-state index contributed by atoms with van der Waals surface area (Å²) < 4.78 is 69.2. The van der Waals surface area contributed by atoms with Crippen molar-refractivity contribution in [1.82, 2.24) is 0 Å². The van der Waals surface area contributed by atoms with Gasteiger partial charge in [-0.2, -0.15) is 22.0 Å². The molecule has 1 atom stereocenters. The molecular formula is C14H25F5O. The Kier molecular flexibility index (Phi) is 6.45. The second-order valence-corrected chi connectivity index (χ2v) is 6.13. The van der Waals surface area contributed by atoms with Crippen LogP contribution in [0.15, 0.2) is 0 Å². The third-order valence-electron chi connectivity index (χ3n) is 4.07. The molecule has 20 heavy (non-hydrogen) atoms. The lowest BCUT2D eigenvalue weighted by Gasteiger charge is -2.37. The maximum atomic E-state index is 13.5. The van der Waals surface area contributed by atoms with Crippen LogP contribution in [0.2, 0.25) is 0 Å². The molecule has 0 rings (SSSR count). The Morgan fingerprint density at radius 2 is 1.35 bits per heavy atom. The monoisotopic (exact) mass is 304 g/mol. The Balaban J connectivity index is 4.62. The minimum absolute atomic E-state index is 0.0402. The number of ether oxygens (including phenoxy) is 1. The SMILES string of the molecule is CCC(C)(C)CCCOC(C)(CC)C(F)(F)C(F)(F)F. The van der Waals surface area contributed by atoms with Crippen LogP contribution in [0, 0.1) is 5.41 Å². The predicted molar refractivity (Wildman–Crippen MR) is 69.0 cm³/mol. The van der Waals surface area contributed by atoms with Gasteiger partial charge in [0.1, 0.15) is 5.60 Å². The minimum atomic E-state index is -5.60. The standard InChI is InChI=1S/C14H25F5O/c1-6-11(3,4)9-8-10-20-12(5,7-2)13(15,16)14(17,18)19/h6-10H2,1-5H3. The lowest BCUT2D eigenvalue weighted by Crippen LogP contribution is -2.56. The first-order valence-electron chi connectivity index (χ1n) is 6.91. The van der Waals surface area contributed by atoms with Crippen LogP contribution >= 0.6 is 0 Å². The summed E-state index contributed by atoms with van der Waals surface area (Å²) in [6.45, 7) is 8.06. The second kappa shape index (κ2) is 6.58. The van der Waals surface area contributed by atoms with Crippen molar-refractivity contribution in [1.29, 1.82) is 0 Å². The topological polar surface area (TPSA) is 9.23 Å². The van der Waals surface area contributed by atoms with Crippen LogP contribution in [0.5, 0.6) is 0 Å². The van der Waals surface area contributed by atoms with Crippen molar-refractivity contribution in [2.75, 3.05) is 6.61 Å². The van der Waals surface area contributed by atoms with Crippen molar-refractivity contribution < 1.29 is 26.7 Å². The molecule has 0 aromatic heterocycles. The molecule has 0 saturated heterocycles. The molecule has 0 aliphatic carbocycles. The summed E-state index contributed by atoms with van der Waals surface area (Å²) in [5.74, 6) is -4.85. The summed E-state index contributed by atoms with van der Waals surface area (Å²) in [5, 5.41) is 0. The van der Waals surface area contributed by atoms with Gasteiger partial charge in [0, 0.05) is 6.61 Å². The number of alkyl halides is 5. The fourth-order valence-corrected chi connectivity index (χ4v) is 1.74. The molecule has 0 N–H and O–H groups in total. The lowest BCUT2D eigenvalue weighted by molar-refractivity contribution is -0.346. The van der Waals surface area contributed by atoms with E-state index in [-0.39, 0.29) is 12.0 Å². The Hall–Kier alpha value is -0.390. The Morgan fingerprint density at radius 1 is 0.850 bits per heavy atom. The Bertz CT molecular complexity index is 298. The van der Waals surface area contributed by atoms with Gasteiger partial charge in [0.15, 0.2) is 0 Å². The summed E-state index contributed by atoms with van der Waals surface area (Å²) in [4.78, 5) is 0. The first-order chi connectivity index (χ1) is 8.83. The fraction of sp³-hybridized carbons (Fsp3) is 1.00. The van der Waals surface area contributed by atoms with Gasteiger partial charge in [0.2, 0.25) is 0 Å². The molecule has 1 unspecified atom stereocenters. The van der Waals surface area contributed by atoms with Gasteiger partial charge in [0.05, 0.1) is 0 Å². The molecule has 6 heteroatoms. The van der Waals surface area contributed by atoms with Gasteiger partial charge in [0.25, 0.3) is 0 Å². The third kappa shape index (κ3) is 4.57. The molecular weight excluding hydrogens is 279 g/mol. The summed E-state index contributed by atoms with van der Waals surface area (Å²) in [7, 11) is 0. The largest absolute Gasteiger partial charge is 0.456 e. The maximum absolute atomic E-state index is 13.5. The molecule has 0 aromatic rings. The molecule has 0 saturated carbocycles. The second-order valence-electron chi connectivity index (χ2n) is 6.13. The van der Waals surface area contributed by atoms with Crippen LogP contribution < -0.4 is 0 Å². The van der Waals surface area contributed by atoms with Gasteiger partial charge >= 0.3 is 12.1 Å². The van der Waals surface area contributed by atoms with E-state index in [0.717, 1.165) is 19.8 Å². The zero-order chi connectivity index (χ0) is 16.2. The van der Waals surface area contributed by atoms with Crippen LogP contribution in [0.3, 0.4) is 0 Å². The third-order valence-corrected chi connectivity index (χ3v) is 4.07. The number of rotatable bonds is 8. The molecule has 0 heterocycles. The van der Waals surface area contributed by atoms with E-state index < -0.39 is 24.1 Å². The van der Waals surface area contributed by atoms with Crippen molar-refractivity contribution in [3.05, 3.63) is 0 Å². The first-order valence-corrected chi connectivity index (χ1v) is 6.91. The average Bonchev–Trinajstić information content (AvgIpc) is 2.32. The number of hydrogen-bond donors (Lipinski definition) is 0. The van der Waals surface area contributed by atoms with Crippen molar-refractivity contribution in [3.63, 3.8) is 0 Å². The fourth-order valence-electron chi connectivity index (χ4n) is 1.74. The van der Waals surface area contributed by atoms with E-state index in [0.29, 0.717) is 6.42 Å². The van der Waals surface area contributed by atoms with Gasteiger partial charge in [-0.1, -0.05) is 34.1 Å². The predicted octanol–water partition coefficient (Wildman–Crippen LogP) is 5.59. The summed E-state index contributed by atoms with van der Waals surface area (Å²) in [6, 6.07) is 0. The maximum Gasteiger partial charge on any atom is 0.456 e. The molecule has 0 bridgehead atoms. The van der Waals surface area contributed by atoms with Gasteiger partial charge in [-0.25, -0.2) is 0 Å². The van der Waals surface area contributed by atoms with E-state index in [9.17, 15) is 22.0 Å².